The minimum atomic E-state index is 0.110. The van der Waals surface area contributed by atoms with E-state index < -0.39 is 0 Å². The molecule has 0 aromatic rings. The molecule has 0 radical (unpaired) electrons. The lowest BCUT2D eigenvalue weighted by molar-refractivity contribution is -0.121. The summed E-state index contributed by atoms with van der Waals surface area (Å²) in [7, 11) is 0. The second-order valence-corrected chi connectivity index (χ2v) is 4.47. The molecule has 1 amide bonds. The van der Waals surface area contributed by atoms with Crippen LogP contribution in [-0.2, 0) is 9.53 Å². The standard InChI is InChI=1S/C12H20N2O2/c15-12(9-13-10-3-1-2-4-10)14-11-5-7-16-8-6-11/h1-2,10-11,13H,3-9H2,(H,14,15). The number of rotatable bonds is 4. The lowest BCUT2D eigenvalue weighted by Crippen LogP contribution is -2.44. The number of hydrogen-bond donors (Lipinski definition) is 2. The Bertz CT molecular complexity index is 252. The van der Waals surface area contributed by atoms with Crippen LogP contribution in [0.1, 0.15) is 25.7 Å². The zero-order chi connectivity index (χ0) is 11.2. The first kappa shape index (κ1) is 11.6. The SMILES string of the molecule is O=C(CNC1CC=CC1)NC1CCOCC1. The van der Waals surface area contributed by atoms with Crippen LogP contribution in [0.2, 0.25) is 0 Å². The van der Waals surface area contributed by atoms with E-state index in [1.54, 1.807) is 0 Å². The Labute approximate surface area is 96.4 Å². The zero-order valence-corrected chi connectivity index (χ0v) is 9.58. The lowest BCUT2D eigenvalue weighted by Gasteiger charge is -2.23. The molecule has 1 saturated heterocycles. The Morgan fingerprint density at radius 3 is 2.56 bits per heavy atom. The van der Waals surface area contributed by atoms with Gasteiger partial charge in [-0.05, 0) is 25.7 Å². The smallest absolute Gasteiger partial charge is 0.234 e. The average molecular weight is 224 g/mol. The van der Waals surface area contributed by atoms with E-state index >= 15 is 0 Å². The van der Waals surface area contributed by atoms with Gasteiger partial charge in [-0.2, -0.15) is 0 Å². The van der Waals surface area contributed by atoms with Crippen molar-refractivity contribution in [3.63, 3.8) is 0 Å². The summed E-state index contributed by atoms with van der Waals surface area (Å²) in [6.45, 7) is 1.97. The average Bonchev–Trinajstić information content (AvgIpc) is 2.81. The van der Waals surface area contributed by atoms with Crippen molar-refractivity contribution in [1.82, 2.24) is 10.6 Å². The molecule has 2 rings (SSSR count). The van der Waals surface area contributed by atoms with Gasteiger partial charge in [0.2, 0.25) is 5.91 Å². The maximum atomic E-state index is 11.6. The van der Waals surface area contributed by atoms with Crippen molar-refractivity contribution in [2.24, 2.45) is 0 Å². The van der Waals surface area contributed by atoms with Crippen molar-refractivity contribution in [1.29, 1.82) is 0 Å². The van der Waals surface area contributed by atoms with Gasteiger partial charge in [0.15, 0.2) is 0 Å². The predicted octanol–water partition coefficient (Wildman–Crippen LogP) is 0.590. The first-order chi connectivity index (χ1) is 7.84. The summed E-state index contributed by atoms with van der Waals surface area (Å²) in [5.41, 5.74) is 0. The highest BCUT2D eigenvalue weighted by molar-refractivity contribution is 5.78. The van der Waals surface area contributed by atoms with E-state index in [1.807, 2.05) is 0 Å². The second kappa shape index (κ2) is 6.01. The molecule has 2 aliphatic rings. The van der Waals surface area contributed by atoms with E-state index in [0.29, 0.717) is 18.6 Å². The number of carbonyl (C=O) groups excluding carboxylic acids is 1. The van der Waals surface area contributed by atoms with Crippen LogP contribution in [0.5, 0.6) is 0 Å². The zero-order valence-electron chi connectivity index (χ0n) is 9.58. The van der Waals surface area contributed by atoms with Gasteiger partial charge < -0.3 is 15.4 Å². The Hall–Kier alpha value is -0.870. The van der Waals surface area contributed by atoms with Crippen LogP contribution in [0.25, 0.3) is 0 Å². The van der Waals surface area contributed by atoms with Crippen LogP contribution in [0.15, 0.2) is 12.2 Å². The van der Waals surface area contributed by atoms with Crippen molar-refractivity contribution in [3.8, 4) is 0 Å². The Kier molecular flexibility index (Phi) is 4.36. The summed E-state index contributed by atoms with van der Waals surface area (Å²) >= 11 is 0. The molecule has 4 nitrogen and oxygen atoms in total. The van der Waals surface area contributed by atoms with E-state index in [-0.39, 0.29) is 5.91 Å². The van der Waals surface area contributed by atoms with Gasteiger partial charge in [-0.1, -0.05) is 12.2 Å². The summed E-state index contributed by atoms with van der Waals surface area (Å²) < 4.78 is 5.25. The molecule has 0 unspecified atom stereocenters. The van der Waals surface area contributed by atoms with E-state index in [2.05, 4.69) is 22.8 Å². The Morgan fingerprint density at radius 2 is 1.88 bits per heavy atom. The molecule has 1 aliphatic heterocycles. The predicted molar refractivity (Wildman–Crippen MR) is 62.1 cm³/mol. The molecule has 0 aromatic heterocycles. The van der Waals surface area contributed by atoms with E-state index in [4.69, 9.17) is 4.74 Å². The molecule has 1 aliphatic carbocycles. The fourth-order valence-corrected chi connectivity index (χ4v) is 2.14. The molecule has 0 atom stereocenters. The van der Waals surface area contributed by atoms with Crippen LogP contribution in [0.4, 0.5) is 0 Å². The molecule has 2 N–H and O–H groups in total. The summed E-state index contributed by atoms with van der Waals surface area (Å²) in [6.07, 6.45) is 8.30. The summed E-state index contributed by atoms with van der Waals surface area (Å²) in [6, 6.07) is 0.769. The molecule has 0 aromatic carbocycles. The van der Waals surface area contributed by atoms with Gasteiger partial charge in [-0.3, -0.25) is 4.79 Å². The summed E-state index contributed by atoms with van der Waals surface area (Å²) in [5.74, 6) is 0.110. The Morgan fingerprint density at radius 1 is 1.19 bits per heavy atom. The molecular weight excluding hydrogens is 204 g/mol. The number of amides is 1. The van der Waals surface area contributed by atoms with Crippen LogP contribution < -0.4 is 10.6 Å². The lowest BCUT2D eigenvalue weighted by atomic mass is 10.1. The topological polar surface area (TPSA) is 50.4 Å². The molecular formula is C12H20N2O2. The van der Waals surface area contributed by atoms with Crippen LogP contribution in [-0.4, -0.2) is 37.7 Å². The molecule has 90 valence electrons. The highest BCUT2D eigenvalue weighted by Crippen LogP contribution is 2.08. The number of hydrogen-bond acceptors (Lipinski definition) is 3. The minimum Gasteiger partial charge on any atom is -0.381 e. The Balaban J connectivity index is 1.59. The normalized spacial score (nSPS) is 22.5. The van der Waals surface area contributed by atoms with Crippen molar-refractivity contribution in [2.75, 3.05) is 19.8 Å². The van der Waals surface area contributed by atoms with E-state index in [9.17, 15) is 4.79 Å². The monoisotopic (exact) mass is 224 g/mol. The van der Waals surface area contributed by atoms with Gasteiger partial charge in [0.25, 0.3) is 0 Å². The van der Waals surface area contributed by atoms with E-state index in [1.165, 1.54) is 0 Å². The van der Waals surface area contributed by atoms with Gasteiger partial charge in [-0.25, -0.2) is 0 Å². The van der Waals surface area contributed by atoms with Gasteiger partial charge >= 0.3 is 0 Å². The number of nitrogens with one attached hydrogen (secondary N) is 2. The fourth-order valence-electron chi connectivity index (χ4n) is 2.14. The van der Waals surface area contributed by atoms with E-state index in [0.717, 1.165) is 38.9 Å². The maximum Gasteiger partial charge on any atom is 0.234 e. The third-order valence-electron chi connectivity index (χ3n) is 3.15. The van der Waals surface area contributed by atoms with Gasteiger partial charge in [0.05, 0.1) is 6.54 Å². The van der Waals surface area contributed by atoms with Crippen molar-refractivity contribution in [2.45, 2.75) is 37.8 Å². The molecule has 0 spiro atoms. The number of carbonyl (C=O) groups is 1. The molecule has 4 heteroatoms. The molecule has 1 fully saturated rings. The van der Waals surface area contributed by atoms with Crippen LogP contribution in [0, 0.1) is 0 Å². The third-order valence-corrected chi connectivity index (χ3v) is 3.15. The molecule has 16 heavy (non-hydrogen) atoms. The van der Waals surface area contributed by atoms with Crippen molar-refractivity contribution in [3.05, 3.63) is 12.2 Å². The van der Waals surface area contributed by atoms with Gasteiger partial charge in [-0.15, -0.1) is 0 Å². The molecule has 0 saturated carbocycles. The van der Waals surface area contributed by atoms with Crippen LogP contribution in [0.3, 0.4) is 0 Å². The quantitative estimate of drug-likeness (QED) is 0.687. The fraction of sp³-hybridized carbons (Fsp3) is 0.750. The second-order valence-electron chi connectivity index (χ2n) is 4.47. The summed E-state index contributed by atoms with van der Waals surface area (Å²) in [4.78, 5) is 11.6. The highest BCUT2D eigenvalue weighted by atomic mass is 16.5. The van der Waals surface area contributed by atoms with Crippen molar-refractivity contribution < 1.29 is 9.53 Å². The summed E-state index contributed by atoms with van der Waals surface area (Å²) in [5, 5.41) is 6.31. The molecule has 1 heterocycles. The van der Waals surface area contributed by atoms with Gasteiger partial charge in [0.1, 0.15) is 0 Å². The third kappa shape index (κ3) is 3.61. The van der Waals surface area contributed by atoms with Crippen molar-refractivity contribution >= 4 is 5.91 Å². The highest BCUT2D eigenvalue weighted by Gasteiger charge is 2.17. The first-order valence-corrected chi connectivity index (χ1v) is 6.10. The van der Waals surface area contributed by atoms with Gasteiger partial charge in [0, 0.05) is 25.3 Å². The largest absolute Gasteiger partial charge is 0.381 e. The molecule has 0 bridgehead atoms. The number of ether oxygens (including phenoxy) is 1. The maximum absolute atomic E-state index is 11.6. The first-order valence-electron chi connectivity index (χ1n) is 6.10. The van der Waals surface area contributed by atoms with Crippen LogP contribution >= 0.6 is 0 Å². The minimum absolute atomic E-state index is 0.110.